The van der Waals surface area contributed by atoms with Gasteiger partial charge in [0.1, 0.15) is 5.75 Å². The van der Waals surface area contributed by atoms with Crippen molar-refractivity contribution in [1.29, 1.82) is 0 Å². The summed E-state index contributed by atoms with van der Waals surface area (Å²) in [6.45, 7) is 1.12. The Morgan fingerprint density at radius 1 is 1.20 bits per heavy atom. The van der Waals surface area contributed by atoms with Crippen LogP contribution >= 0.6 is 0 Å². The van der Waals surface area contributed by atoms with Crippen molar-refractivity contribution in [3.8, 4) is 5.75 Å². The zero-order chi connectivity index (χ0) is 18.6. The van der Waals surface area contributed by atoms with E-state index in [1.807, 2.05) is 0 Å². The van der Waals surface area contributed by atoms with E-state index in [2.05, 4.69) is 5.32 Å². The van der Waals surface area contributed by atoms with E-state index in [1.54, 1.807) is 6.92 Å². The highest BCUT2D eigenvalue weighted by molar-refractivity contribution is 5.92. The Balaban J connectivity index is 1.95. The number of rotatable bonds is 5. The van der Waals surface area contributed by atoms with E-state index in [0.29, 0.717) is 5.56 Å². The number of carbonyl (C=O) groups excluding carboxylic acids is 1. The number of amides is 1. The number of alkyl halides is 3. The molecule has 0 aromatic heterocycles. The maximum Gasteiger partial charge on any atom is 0.416 e. The van der Waals surface area contributed by atoms with Crippen LogP contribution in [0.5, 0.6) is 5.75 Å². The van der Waals surface area contributed by atoms with E-state index >= 15 is 0 Å². The van der Waals surface area contributed by atoms with E-state index in [-0.39, 0.29) is 17.1 Å². The number of ether oxygens (including phenoxy) is 1. The zero-order valence-electron chi connectivity index (χ0n) is 13.0. The molecule has 1 N–H and O–H groups in total. The van der Waals surface area contributed by atoms with Crippen LogP contribution in [0.2, 0.25) is 0 Å². The highest BCUT2D eigenvalue weighted by Crippen LogP contribution is 2.30. The Morgan fingerprint density at radius 2 is 1.84 bits per heavy atom. The van der Waals surface area contributed by atoms with Crippen molar-refractivity contribution in [2.24, 2.45) is 0 Å². The normalized spacial score (nSPS) is 11.0. The molecule has 132 valence electrons. The fourth-order valence-electron chi connectivity index (χ4n) is 1.97. The van der Waals surface area contributed by atoms with Gasteiger partial charge in [0, 0.05) is 17.3 Å². The molecule has 0 fully saturated rings. The number of nitrogens with one attached hydrogen (secondary N) is 1. The average Bonchev–Trinajstić information content (AvgIpc) is 2.54. The molecule has 0 bridgehead atoms. The minimum Gasteiger partial charge on any atom is -0.484 e. The lowest BCUT2D eigenvalue weighted by atomic mass is 10.2. The van der Waals surface area contributed by atoms with Crippen LogP contribution in [0.1, 0.15) is 11.1 Å². The van der Waals surface area contributed by atoms with Crippen LogP contribution in [0.25, 0.3) is 0 Å². The Bertz CT molecular complexity index is 789. The van der Waals surface area contributed by atoms with Crippen LogP contribution in [-0.2, 0) is 11.0 Å². The number of hydrogen-bond acceptors (Lipinski definition) is 4. The summed E-state index contributed by atoms with van der Waals surface area (Å²) < 4.78 is 42.4. The summed E-state index contributed by atoms with van der Waals surface area (Å²) in [6.07, 6.45) is -4.45. The summed E-state index contributed by atoms with van der Waals surface area (Å²) in [5, 5.41) is 13.3. The summed E-state index contributed by atoms with van der Waals surface area (Å²) in [6, 6.07) is 8.10. The maximum absolute atomic E-state index is 12.4. The van der Waals surface area contributed by atoms with Gasteiger partial charge in [-0.25, -0.2) is 0 Å². The first-order valence-electron chi connectivity index (χ1n) is 7.02. The number of nitrogens with zero attached hydrogens (tertiary/aromatic N) is 1. The van der Waals surface area contributed by atoms with E-state index < -0.39 is 29.2 Å². The van der Waals surface area contributed by atoms with Crippen LogP contribution in [0.3, 0.4) is 0 Å². The smallest absolute Gasteiger partial charge is 0.416 e. The zero-order valence-corrected chi connectivity index (χ0v) is 13.0. The predicted octanol–water partition coefficient (Wildman–Crippen LogP) is 3.94. The Hall–Kier alpha value is -3.10. The van der Waals surface area contributed by atoms with E-state index in [1.165, 1.54) is 18.2 Å². The predicted molar refractivity (Wildman–Crippen MR) is 83.4 cm³/mol. The average molecular weight is 354 g/mol. The summed E-state index contributed by atoms with van der Waals surface area (Å²) in [5.41, 5.74) is -0.292. The Labute approximate surface area is 140 Å². The Morgan fingerprint density at radius 3 is 2.40 bits per heavy atom. The molecule has 9 heteroatoms. The molecule has 0 spiro atoms. The number of nitro benzene ring substituents is 1. The number of carbonyl (C=O) groups is 1. The van der Waals surface area contributed by atoms with Crippen LogP contribution in [-0.4, -0.2) is 17.4 Å². The molecule has 0 aliphatic carbocycles. The van der Waals surface area contributed by atoms with Crippen LogP contribution in [0.15, 0.2) is 42.5 Å². The van der Waals surface area contributed by atoms with E-state index in [4.69, 9.17) is 4.74 Å². The van der Waals surface area contributed by atoms with Crippen molar-refractivity contribution in [3.63, 3.8) is 0 Å². The fraction of sp³-hybridized carbons (Fsp3) is 0.188. The monoisotopic (exact) mass is 354 g/mol. The van der Waals surface area contributed by atoms with Gasteiger partial charge in [-0.15, -0.1) is 0 Å². The molecule has 0 saturated carbocycles. The van der Waals surface area contributed by atoms with Gasteiger partial charge in [-0.2, -0.15) is 13.2 Å². The molecule has 0 aliphatic rings. The molecule has 0 unspecified atom stereocenters. The summed E-state index contributed by atoms with van der Waals surface area (Å²) in [5.74, 6) is -0.504. The molecule has 2 rings (SSSR count). The van der Waals surface area contributed by atoms with Gasteiger partial charge in [-0.1, -0.05) is 6.07 Å². The third-order valence-electron chi connectivity index (χ3n) is 3.24. The highest BCUT2D eigenvalue weighted by atomic mass is 19.4. The minimum absolute atomic E-state index is 0.0954. The first kappa shape index (κ1) is 18.2. The second-order valence-corrected chi connectivity index (χ2v) is 5.12. The van der Waals surface area contributed by atoms with Crippen molar-refractivity contribution >= 4 is 17.3 Å². The molecule has 0 saturated heterocycles. The van der Waals surface area contributed by atoms with E-state index in [0.717, 1.165) is 24.3 Å². The third-order valence-corrected chi connectivity index (χ3v) is 3.24. The SMILES string of the molecule is Cc1ccc(NC(=O)COc2ccc(C(F)(F)F)cc2)cc1[N+](=O)[O-]. The van der Waals surface area contributed by atoms with Gasteiger partial charge >= 0.3 is 6.18 Å². The Kier molecular flexibility index (Phi) is 5.26. The van der Waals surface area contributed by atoms with Gasteiger partial charge in [0.15, 0.2) is 6.61 Å². The van der Waals surface area contributed by atoms with Gasteiger partial charge in [0.25, 0.3) is 11.6 Å². The molecule has 0 heterocycles. The second-order valence-electron chi connectivity index (χ2n) is 5.12. The van der Waals surface area contributed by atoms with Crippen LogP contribution in [0, 0.1) is 17.0 Å². The summed E-state index contributed by atoms with van der Waals surface area (Å²) >= 11 is 0. The van der Waals surface area contributed by atoms with Gasteiger partial charge in [-0.05, 0) is 37.3 Å². The fourth-order valence-corrected chi connectivity index (χ4v) is 1.97. The lowest BCUT2D eigenvalue weighted by Gasteiger charge is -2.10. The maximum atomic E-state index is 12.4. The molecule has 1 amide bonds. The highest BCUT2D eigenvalue weighted by Gasteiger charge is 2.30. The molecule has 6 nitrogen and oxygen atoms in total. The second kappa shape index (κ2) is 7.20. The first-order valence-corrected chi connectivity index (χ1v) is 7.02. The van der Waals surface area contributed by atoms with Gasteiger partial charge in [-0.3, -0.25) is 14.9 Å². The molecular formula is C16H13F3N2O4. The lowest BCUT2D eigenvalue weighted by molar-refractivity contribution is -0.385. The topological polar surface area (TPSA) is 81.5 Å². The summed E-state index contributed by atoms with van der Waals surface area (Å²) in [7, 11) is 0. The first-order chi connectivity index (χ1) is 11.7. The quantitative estimate of drug-likeness (QED) is 0.651. The minimum atomic E-state index is -4.45. The number of aryl methyl sites for hydroxylation is 1. The largest absolute Gasteiger partial charge is 0.484 e. The molecule has 0 radical (unpaired) electrons. The molecule has 2 aromatic rings. The molecule has 2 aromatic carbocycles. The van der Waals surface area contributed by atoms with Crippen molar-refractivity contribution in [2.75, 3.05) is 11.9 Å². The van der Waals surface area contributed by atoms with Gasteiger partial charge in [0.2, 0.25) is 0 Å². The van der Waals surface area contributed by atoms with Gasteiger partial charge in [0.05, 0.1) is 10.5 Å². The number of nitro groups is 1. The van der Waals surface area contributed by atoms with Crippen molar-refractivity contribution in [2.45, 2.75) is 13.1 Å². The van der Waals surface area contributed by atoms with Crippen LogP contribution in [0.4, 0.5) is 24.5 Å². The molecule has 0 atom stereocenters. The number of hydrogen-bond donors (Lipinski definition) is 1. The van der Waals surface area contributed by atoms with Crippen molar-refractivity contribution in [1.82, 2.24) is 0 Å². The van der Waals surface area contributed by atoms with E-state index in [9.17, 15) is 28.1 Å². The van der Waals surface area contributed by atoms with Crippen molar-refractivity contribution < 1.29 is 27.6 Å². The molecular weight excluding hydrogens is 341 g/mol. The number of anilines is 1. The van der Waals surface area contributed by atoms with Crippen molar-refractivity contribution in [3.05, 3.63) is 63.7 Å². The third kappa shape index (κ3) is 4.93. The van der Waals surface area contributed by atoms with Gasteiger partial charge < -0.3 is 10.1 Å². The summed E-state index contributed by atoms with van der Waals surface area (Å²) in [4.78, 5) is 22.1. The number of benzene rings is 2. The lowest BCUT2D eigenvalue weighted by Crippen LogP contribution is -2.20. The van der Waals surface area contributed by atoms with Crippen LogP contribution < -0.4 is 10.1 Å². The number of halogens is 3. The molecule has 25 heavy (non-hydrogen) atoms. The molecule has 0 aliphatic heterocycles. The standard InChI is InChI=1S/C16H13F3N2O4/c1-10-2-5-12(8-14(10)21(23)24)20-15(22)9-25-13-6-3-11(4-7-13)16(17,18)19/h2-8H,9H2,1H3,(H,20,22).